The van der Waals surface area contributed by atoms with Crippen LogP contribution in [0.2, 0.25) is 0 Å². The second kappa shape index (κ2) is 5.29. The Morgan fingerprint density at radius 1 is 1.56 bits per heavy atom. The topological polar surface area (TPSA) is 64.3 Å². The van der Waals surface area contributed by atoms with Gasteiger partial charge in [-0.1, -0.05) is 0 Å². The van der Waals surface area contributed by atoms with E-state index in [0.29, 0.717) is 29.5 Å². The molecule has 4 heteroatoms. The van der Waals surface area contributed by atoms with Crippen molar-refractivity contribution >= 4 is 11.6 Å². The van der Waals surface area contributed by atoms with Crippen LogP contribution >= 0.6 is 0 Å². The third-order valence-electron chi connectivity index (χ3n) is 3.26. The summed E-state index contributed by atoms with van der Waals surface area (Å²) in [7, 11) is 0. The van der Waals surface area contributed by atoms with Crippen LogP contribution in [0, 0.1) is 5.92 Å². The summed E-state index contributed by atoms with van der Waals surface area (Å²) in [5.41, 5.74) is 6.93. The molecule has 0 bridgehead atoms. The van der Waals surface area contributed by atoms with Gasteiger partial charge >= 0.3 is 0 Å². The highest BCUT2D eigenvalue weighted by atomic mass is 16.5. The van der Waals surface area contributed by atoms with Crippen LogP contribution in [0.1, 0.15) is 37.0 Å². The standard InChI is InChI=1S/C14H20N2O2/c1-3-18-13-7-6-11(8-12(13)15)14(17)16-9(2)10-4-5-10/h6-10H,3-5,15H2,1-2H3,(H,16,17). The largest absolute Gasteiger partial charge is 0.492 e. The number of carbonyl (C=O) groups excluding carboxylic acids is 1. The third kappa shape index (κ3) is 2.94. The zero-order chi connectivity index (χ0) is 13.1. The number of nitrogen functional groups attached to an aromatic ring is 1. The number of nitrogens with two attached hydrogens (primary N) is 1. The van der Waals surface area contributed by atoms with Crippen LogP contribution in [-0.4, -0.2) is 18.6 Å². The first-order valence-corrected chi connectivity index (χ1v) is 6.45. The normalized spacial score (nSPS) is 16.1. The molecule has 1 aliphatic rings. The van der Waals surface area contributed by atoms with E-state index >= 15 is 0 Å². The van der Waals surface area contributed by atoms with Gasteiger partial charge in [0.2, 0.25) is 0 Å². The zero-order valence-electron chi connectivity index (χ0n) is 10.9. The van der Waals surface area contributed by atoms with E-state index in [1.165, 1.54) is 12.8 Å². The van der Waals surface area contributed by atoms with Gasteiger partial charge in [0.05, 0.1) is 12.3 Å². The van der Waals surface area contributed by atoms with Crippen molar-refractivity contribution in [1.29, 1.82) is 0 Å². The second-order valence-electron chi connectivity index (χ2n) is 4.79. The Hall–Kier alpha value is -1.71. The van der Waals surface area contributed by atoms with E-state index < -0.39 is 0 Å². The Bertz CT molecular complexity index is 441. The fourth-order valence-electron chi connectivity index (χ4n) is 1.98. The predicted molar refractivity (Wildman–Crippen MR) is 71.7 cm³/mol. The fourth-order valence-corrected chi connectivity index (χ4v) is 1.98. The van der Waals surface area contributed by atoms with E-state index in [-0.39, 0.29) is 11.9 Å². The molecule has 1 aliphatic carbocycles. The molecule has 0 spiro atoms. The minimum atomic E-state index is -0.0656. The Balaban J connectivity index is 2.03. The first-order valence-electron chi connectivity index (χ1n) is 6.45. The van der Waals surface area contributed by atoms with Crippen LogP contribution in [0.3, 0.4) is 0 Å². The molecule has 1 amide bonds. The van der Waals surface area contributed by atoms with Crippen LogP contribution in [0.25, 0.3) is 0 Å². The van der Waals surface area contributed by atoms with Crippen molar-refractivity contribution in [2.24, 2.45) is 5.92 Å². The number of anilines is 1. The van der Waals surface area contributed by atoms with Gasteiger partial charge in [-0.25, -0.2) is 0 Å². The van der Waals surface area contributed by atoms with Crippen molar-refractivity contribution in [3.63, 3.8) is 0 Å². The molecular weight excluding hydrogens is 228 g/mol. The number of hydrogen-bond acceptors (Lipinski definition) is 3. The van der Waals surface area contributed by atoms with E-state index in [4.69, 9.17) is 10.5 Å². The first-order chi connectivity index (χ1) is 8.61. The highest BCUT2D eigenvalue weighted by molar-refractivity contribution is 5.95. The lowest BCUT2D eigenvalue weighted by atomic mass is 10.1. The molecular formula is C14H20N2O2. The first kappa shape index (κ1) is 12.7. The Labute approximate surface area is 108 Å². The van der Waals surface area contributed by atoms with E-state index in [2.05, 4.69) is 5.32 Å². The van der Waals surface area contributed by atoms with E-state index in [1.54, 1.807) is 18.2 Å². The van der Waals surface area contributed by atoms with Crippen molar-refractivity contribution in [2.45, 2.75) is 32.7 Å². The highest BCUT2D eigenvalue weighted by Crippen LogP contribution is 2.32. The van der Waals surface area contributed by atoms with Gasteiger partial charge in [-0.05, 0) is 50.8 Å². The summed E-state index contributed by atoms with van der Waals surface area (Å²) in [6, 6.07) is 5.40. The number of ether oxygens (including phenoxy) is 1. The lowest BCUT2D eigenvalue weighted by molar-refractivity contribution is 0.0936. The number of rotatable bonds is 5. The van der Waals surface area contributed by atoms with Gasteiger partial charge in [0.25, 0.3) is 5.91 Å². The summed E-state index contributed by atoms with van der Waals surface area (Å²) >= 11 is 0. The molecule has 1 aromatic carbocycles. The van der Waals surface area contributed by atoms with Crippen molar-refractivity contribution in [1.82, 2.24) is 5.32 Å². The number of hydrogen-bond donors (Lipinski definition) is 2. The number of amides is 1. The Morgan fingerprint density at radius 2 is 2.28 bits per heavy atom. The molecule has 98 valence electrons. The molecule has 1 aromatic rings. The summed E-state index contributed by atoms with van der Waals surface area (Å²) < 4.78 is 5.34. The minimum absolute atomic E-state index is 0.0656. The van der Waals surface area contributed by atoms with Crippen LogP contribution in [-0.2, 0) is 0 Å². The van der Waals surface area contributed by atoms with Gasteiger partial charge in [0, 0.05) is 11.6 Å². The van der Waals surface area contributed by atoms with Crippen molar-refractivity contribution in [3.8, 4) is 5.75 Å². The summed E-state index contributed by atoms with van der Waals surface area (Å²) in [4.78, 5) is 12.0. The SMILES string of the molecule is CCOc1ccc(C(=O)NC(C)C2CC2)cc1N. The average Bonchev–Trinajstić information content (AvgIpc) is 3.15. The van der Waals surface area contributed by atoms with Crippen molar-refractivity contribution in [3.05, 3.63) is 23.8 Å². The molecule has 1 fully saturated rings. The molecule has 1 unspecified atom stereocenters. The lowest BCUT2D eigenvalue weighted by Crippen LogP contribution is -2.34. The highest BCUT2D eigenvalue weighted by Gasteiger charge is 2.29. The van der Waals surface area contributed by atoms with Gasteiger partial charge in [-0.15, -0.1) is 0 Å². The molecule has 18 heavy (non-hydrogen) atoms. The molecule has 0 heterocycles. The number of carbonyl (C=O) groups is 1. The van der Waals surface area contributed by atoms with Gasteiger partial charge < -0.3 is 15.8 Å². The van der Waals surface area contributed by atoms with Gasteiger partial charge in [0.1, 0.15) is 5.75 Å². The molecule has 4 nitrogen and oxygen atoms in total. The summed E-state index contributed by atoms with van der Waals surface area (Å²) in [5.74, 6) is 1.21. The lowest BCUT2D eigenvalue weighted by Gasteiger charge is -2.13. The molecule has 3 N–H and O–H groups in total. The van der Waals surface area contributed by atoms with Crippen LogP contribution in [0.4, 0.5) is 5.69 Å². The van der Waals surface area contributed by atoms with Crippen molar-refractivity contribution in [2.75, 3.05) is 12.3 Å². The number of benzene rings is 1. The van der Waals surface area contributed by atoms with Gasteiger partial charge in [-0.2, -0.15) is 0 Å². The van der Waals surface area contributed by atoms with Crippen LogP contribution in [0.15, 0.2) is 18.2 Å². The van der Waals surface area contributed by atoms with Gasteiger partial charge in [0.15, 0.2) is 0 Å². The van der Waals surface area contributed by atoms with Gasteiger partial charge in [-0.3, -0.25) is 4.79 Å². The van der Waals surface area contributed by atoms with Crippen LogP contribution in [0.5, 0.6) is 5.75 Å². The molecule has 1 saturated carbocycles. The molecule has 0 saturated heterocycles. The monoisotopic (exact) mass is 248 g/mol. The maximum absolute atomic E-state index is 12.0. The minimum Gasteiger partial charge on any atom is -0.492 e. The Morgan fingerprint density at radius 3 is 2.83 bits per heavy atom. The zero-order valence-corrected chi connectivity index (χ0v) is 10.9. The average molecular weight is 248 g/mol. The van der Waals surface area contributed by atoms with E-state index in [1.807, 2.05) is 13.8 Å². The second-order valence-corrected chi connectivity index (χ2v) is 4.79. The van der Waals surface area contributed by atoms with E-state index in [9.17, 15) is 4.79 Å². The summed E-state index contributed by atoms with van der Waals surface area (Å²) in [5, 5.41) is 3.00. The molecule has 0 aliphatic heterocycles. The molecule has 1 atom stereocenters. The summed E-state index contributed by atoms with van der Waals surface area (Å²) in [6.07, 6.45) is 2.43. The molecule has 0 aromatic heterocycles. The molecule has 0 radical (unpaired) electrons. The molecule has 2 rings (SSSR count). The van der Waals surface area contributed by atoms with E-state index in [0.717, 1.165) is 0 Å². The maximum atomic E-state index is 12.0. The smallest absolute Gasteiger partial charge is 0.251 e. The van der Waals surface area contributed by atoms with Crippen LogP contribution < -0.4 is 15.8 Å². The number of nitrogens with one attached hydrogen (secondary N) is 1. The quantitative estimate of drug-likeness (QED) is 0.785. The summed E-state index contributed by atoms with van der Waals surface area (Å²) in [6.45, 7) is 4.51. The van der Waals surface area contributed by atoms with Crippen molar-refractivity contribution < 1.29 is 9.53 Å². The maximum Gasteiger partial charge on any atom is 0.251 e. The Kier molecular flexibility index (Phi) is 3.75. The predicted octanol–water partition coefficient (Wildman–Crippen LogP) is 2.20. The third-order valence-corrected chi connectivity index (χ3v) is 3.26. The fraction of sp³-hybridized carbons (Fsp3) is 0.500.